The molecule has 0 aliphatic heterocycles. The molecule has 0 heterocycles. The molecule has 8 heteroatoms. The van der Waals surface area contributed by atoms with Gasteiger partial charge < -0.3 is 15.2 Å². The van der Waals surface area contributed by atoms with Crippen LogP contribution in [0.5, 0.6) is 5.75 Å². The van der Waals surface area contributed by atoms with Gasteiger partial charge >= 0.3 is 5.97 Å². The Morgan fingerprint density at radius 3 is 2.50 bits per heavy atom. The van der Waals surface area contributed by atoms with E-state index in [1.165, 1.54) is 7.11 Å². The second kappa shape index (κ2) is 7.57. The van der Waals surface area contributed by atoms with Crippen molar-refractivity contribution in [1.29, 1.82) is 0 Å². The maximum absolute atomic E-state index is 14.0. The van der Waals surface area contributed by atoms with Crippen molar-refractivity contribution >= 4 is 11.9 Å². The Labute approximate surface area is 150 Å². The molecule has 1 aromatic carbocycles. The van der Waals surface area contributed by atoms with E-state index in [0.29, 0.717) is 18.8 Å². The number of ether oxygens (including phenoxy) is 1. The maximum Gasteiger partial charge on any atom is 0.317 e. The molecule has 0 aromatic heterocycles. The van der Waals surface area contributed by atoms with Gasteiger partial charge in [-0.2, -0.15) is 0 Å². The molecule has 0 unspecified atom stereocenters. The summed E-state index contributed by atoms with van der Waals surface area (Å²) in [6.45, 7) is 0.734. The van der Waals surface area contributed by atoms with Gasteiger partial charge in [0, 0.05) is 18.6 Å². The highest BCUT2D eigenvalue weighted by Crippen LogP contribution is 2.34. The number of aliphatic carboxylic acids is 1. The van der Waals surface area contributed by atoms with Crippen LogP contribution in [0.3, 0.4) is 0 Å². The average Bonchev–Trinajstić information content (AvgIpc) is 3.35. The average molecular weight is 368 g/mol. The van der Waals surface area contributed by atoms with Crippen LogP contribution >= 0.6 is 0 Å². The second-order valence-corrected chi connectivity index (χ2v) is 7.00. The van der Waals surface area contributed by atoms with Crippen LogP contribution in [0.2, 0.25) is 0 Å². The third-order valence-electron chi connectivity index (χ3n) is 4.98. The van der Waals surface area contributed by atoms with E-state index in [4.69, 9.17) is 9.84 Å². The molecule has 2 N–H and O–H groups in total. The summed E-state index contributed by atoms with van der Waals surface area (Å²) >= 11 is 0. The Morgan fingerprint density at radius 2 is 1.92 bits per heavy atom. The predicted molar refractivity (Wildman–Crippen MR) is 89.1 cm³/mol. The minimum atomic E-state index is -0.871. The SMILES string of the molecule is COc1c(F)ccc(F)c1C(=O)NC1CC(N(CC(=O)O)CC2CC2)C1. The molecule has 26 heavy (non-hydrogen) atoms. The Hall–Kier alpha value is -2.22. The summed E-state index contributed by atoms with van der Waals surface area (Å²) in [6.07, 6.45) is 3.43. The van der Waals surface area contributed by atoms with Crippen LogP contribution in [0, 0.1) is 17.6 Å². The van der Waals surface area contributed by atoms with Gasteiger partial charge in [-0.3, -0.25) is 14.5 Å². The molecule has 1 amide bonds. The van der Waals surface area contributed by atoms with Gasteiger partial charge in [0.15, 0.2) is 11.6 Å². The molecular weight excluding hydrogens is 346 g/mol. The van der Waals surface area contributed by atoms with Gasteiger partial charge in [0.25, 0.3) is 5.91 Å². The molecule has 0 radical (unpaired) electrons. The predicted octanol–water partition coefficient (Wildman–Crippen LogP) is 2.03. The number of methoxy groups -OCH3 is 1. The zero-order chi connectivity index (χ0) is 18.8. The molecule has 2 aliphatic rings. The number of carboxylic acid groups (broad SMARTS) is 1. The molecular formula is C18H22F2N2O4. The quantitative estimate of drug-likeness (QED) is 0.734. The van der Waals surface area contributed by atoms with Crippen molar-refractivity contribution in [3.63, 3.8) is 0 Å². The first-order chi connectivity index (χ1) is 12.4. The largest absolute Gasteiger partial charge is 0.493 e. The molecule has 0 bridgehead atoms. The van der Waals surface area contributed by atoms with Crippen molar-refractivity contribution in [3.8, 4) is 5.75 Å². The van der Waals surface area contributed by atoms with Crippen LogP contribution in [0.4, 0.5) is 8.78 Å². The summed E-state index contributed by atoms with van der Waals surface area (Å²) in [7, 11) is 1.18. The van der Waals surface area contributed by atoms with Crippen molar-refractivity contribution in [1.82, 2.24) is 10.2 Å². The van der Waals surface area contributed by atoms with Crippen LogP contribution < -0.4 is 10.1 Å². The molecule has 1 aromatic rings. The molecule has 0 saturated heterocycles. The number of carbonyl (C=O) groups excluding carboxylic acids is 1. The lowest BCUT2D eigenvalue weighted by atomic mass is 9.85. The molecule has 2 aliphatic carbocycles. The standard InChI is InChI=1S/C18H22F2N2O4/c1-26-17-14(20)5-4-13(19)16(17)18(25)21-11-6-12(7-11)22(9-15(23)24)8-10-2-3-10/h4-5,10-12H,2-3,6-9H2,1H3,(H,21,25)(H,23,24). The number of halogens is 2. The fourth-order valence-corrected chi connectivity index (χ4v) is 3.35. The Bertz CT molecular complexity index is 703. The minimum Gasteiger partial charge on any atom is -0.493 e. The van der Waals surface area contributed by atoms with E-state index < -0.39 is 34.8 Å². The Kier molecular flexibility index (Phi) is 5.41. The third kappa shape index (κ3) is 4.12. The van der Waals surface area contributed by atoms with Gasteiger partial charge in [0.2, 0.25) is 0 Å². The zero-order valence-corrected chi connectivity index (χ0v) is 14.5. The number of amides is 1. The fourth-order valence-electron chi connectivity index (χ4n) is 3.35. The van der Waals surface area contributed by atoms with E-state index in [1.807, 2.05) is 4.90 Å². The van der Waals surface area contributed by atoms with Gasteiger partial charge in [0.05, 0.1) is 13.7 Å². The smallest absolute Gasteiger partial charge is 0.317 e. The van der Waals surface area contributed by atoms with Crippen molar-refractivity contribution < 1.29 is 28.2 Å². The normalized spacial score (nSPS) is 22.0. The first-order valence-electron chi connectivity index (χ1n) is 8.67. The molecule has 2 saturated carbocycles. The lowest BCUT2D eigenvalue weighted by Crippen LogP contribution is -2.55. The van der Waals surface area contributed by atoms with E-state index in [-0.39, 0.29) is 18.6 Å². The van der Waals surface area contributed by atoms with Crippen LogP contribution in [0.15, 0.2) is 12.1 Å². The highest BCUT2D eigenvalue weighted by atomic mass is 19.1. The van der Waals surface area contributed by atoms with Gasteiger partial charge in [-0.05, 0) is 43.7 Å². The number of hydrogen-bond acceptors (Lipinski definition) is 4. The molecule has 2 fully saturated rings. The Balaban J connectivity index is 1.59. The summed E-state index contributed by atoms with van der Waals surface area (Å²) < 4.78 is 32.5. The third-order valence-corrected chi connectivity index (χ3v) is 4.98. The Morgan fingerprint density at radius 1 is 1.27 bits per heavy atom. The maximum atomic E-state index is 14.0. The number of hydrogen-bond donors (Lipinski definition) is 2. The van der Waals surface area contributed by atoms with E-state index >= 15 is 0 Å². The van der Waals surface area contributed by atoms with Crippen molar-refractivity contribution in [3.05, 3.63) is 29.3 Å². The lowest BCUT2D eigenvalue weighted by molar-refractivity contribution is -0.139. The van der Waals surface area contributed by atoms with Gasteiger partial charge in [0.1, 0.15) is 11.4 Å². The van der Waals surface area contributed by atoms with Crippen molar-refractivity contribution in [2.75, 3.05) is 20.2 Å². The van der Waals surface area contributed by atoms with E-state index in [9.17, 15) is 18.4 Å². The lowest BCUT2D eigenvalue weighted by Gasteiger charge is -2.42. The number of benzene rings is 1. The molecule has 6 nitrogen and oxygen atoms in total. The fraction of sp³-hybridized carbons (Fsp3) is 0.556. The van der Waals surface area contributed by atoms with Crippen LogP contribution in [0.1, 0.15) is 36.0 Å². The summed E-state index contributed by atoms with van der Waals surface area (Å²) in [6, 6.07) is 1.68. The summed E-state index contributed by atoms with van der Waals surface area (Å²) in [4.78, 5) is 25.3. The highest BCUT2D eigenvalue weighted by molar-refractivity contribution is 5.97. The monoisotopic (exact) mass is 368 g/mol. The van der Waals surface area contributed by atoms with Crippen LogP contribution in [-0.2, 0) is 4.79 Å². The van der Waals surface area contributed by atoms with Gasteiger partial charge in [-0.1, -0.05) is 0 Å². The van der Waals surface area contributed by atoms with E-state index in [1.54, 1.807) is 0 Å². The van der Waals surface area contributed by atoms with Gasteiger partial charge in [-0.15, -0.1) is 0 Å². The molecule has 0 atom stereocenters. The van der Waals surface area contributed by atoms with E-state index in [2.05, 4.69) is 5.32 Å². The number of carboxylic acids is 1. The molecule has 3 rings (SSSR count). The zero-order valence-electron chi connectivity index (χ0n) is 14.5. The topological polar surface area (TPSA) is 78.9 Å². The first-order valence-corrected chi connectivity index (χ1v) is 8.67. The number of carbonyl (C=O) groups is 2. The second-order valence-electron chi connectivity index (χ2n) is 7.00. The minimum absolute atomic E-state index is 0.0197. The summed E-state index contributed by atoms with van der Waals surface area (Å²) in [5.74, 6) is -3.10. The highest BCUT2D eigenvalue weighted by Gasteiger charge is 2.38. The van der Waals surface area contributed by atoms with Gasteiger partial charge in [-0.25, -0.2) is 8.78 Å². The summed E-state index contributed by atoms with van der Waals surface area (Å²) in [5.41, 5.74) is -0.448. The van der Waals surface area contributed by atoms with E-state index in [0.717, 1.165) is 31.5 Å². The van der Waals surface area contributed by atoms with Crippen molar-refractivity contribution in [2.45, 2.75) is 37.8 Å². The van der Waals surface area contributed by atoms with Crippen LogP contribution in [0.25, 0.3) is 0 Å². The van der Waals surface area contributed by atoms with Crippen molar-refractivity contribution in [2.24, 2.45) is 5.92 Å². The summed E-state index contributed by atoms with van der Waals surface area (Å²) in [5, 5.41) is 11.7. The van der Waals surface area contributed by atoms with Crippen LogP contribution in [-0.4, -0.2) is 54.2 Å². The first kappa shape index (κ1) is 18.6. The molecule has 142 valence electrons. The number of nitrogens with one attached hydrogen (secondary N) is 1. The molecule has 0 spiro atoms. The number of nitrogens with zero attached hydrogens (tertiary/aromatic N) is 1. The number of rotatable bonds is 8.